The van der Waals surface area contributed by atoms with Gasteiger partial charge in [0.1, 0.15) is 4.90 Å². The Balaban J connectivity index is 2.25. The molecule has 0 amide bonds. The molecule has 2 rings (SSSR count). The van der Waals surface area contributed by atoms with Crippen LogP contribution in [-0.2, 0) is 10.0 Å². The second-order valence-electron chi connectivity index (χ2n) is 6.36. The molecule has 4 nitrogen and oxygen atoms in total. The molecule has 1 fully saturated rings. The number of benzene rings is 1. The van der Waals surface area contributed by atoms with Gasteiger partial charge in [0.2, 0.25) is 10.0 Å². The molecule has 1 aromatic carbocycles. The molecule has 0 saturated heterocycles. The van der Waals surface area contributed by atoms with Gasteiger partial charge in [0, 0.05) is 6.04 Å². The average molecular weight is 310 g/mol. The Morgan fingerprint density at radius 2 is 1.86 bits per heavy atom. The van der Waals surface area contributed by atoms with Crippen LogP contribution in [0, 0.1) is 19.8 Å². The van der Waals surface area contributed by atoms with Crippen molar-refractivity contribution in [3.8, 4) is 0 Å². The number of rotatable bonds is 3. The second kappa shape index (κ2) is 6.36. The molecule has 0 aromatic heterocycles. The van der Waals surface area contributed by atoms with E-state index in [0.717, 1.165) is 36.8 Å². The maximum Gasteiger partial charge on any atom is 0.243 e. The third kappa shape index (κ3) is 3.77. The van der Waals surface area contributed by atoms with Crippen molar-refractivity contribution in [3.63, 3.8) is 0 Å². The Kier molecular flexibility index (Phi) is 4.94. The third-order valence-electron chi connectivity index (χ3n) is 4.56. The molecule has 1 aliphatic carbocycles. The van der Waals surface area contributed by atoms with Gasteiger partial charge >= 0.3 is 0 Å². The van der Waals surface area contributed by atoms with Gasteiger partial charge in [-0.25, -0.2) is 13.1 Å². The Morgan fingerprint density at radius 3 is 2.57 bits per heavy atom. The molecule has 2 atom stereocenters. The molecule has 0 bridgehead atoms. The summed E-state index contributed by atoms with van der Waals surface area (Å²) in [5.74, 6) is 0.685. The van der Waals surface area contributed by atoms with Crippen molar-refractivity contribution in [1.82, 2.24) is 4.72 Å². The number of hydrogen-bond donors (Lipinski definition) is 2. The van der Waals surface area contributed by atoms with Crippen LogP contribution in [0.25, 0.3) is 0 Å². The van der Waals surface area contributed by atoms with Crippen LogP contribution in [0.3, 0.4) is 0 Å². The quantitative estimate of drug-likeness (QED) is 0.665. The highest BCUT2D eigenvalue weighted by Gasteiger charge is 2.26. The summed E-state index contributed by atoms with van der Waals surface area (Å²) in [6, 6.07) is 3.56. The lowest BCUT2D eigenvalue weighted by Gasteiger charge is -2.19. The molecule has 118 valence electrons. The van der Waals surface area contributed by atoms with Crippen molar-refractivity contribution in [2.75, 3.05) is 5.73 Å². The summed E-state index contributed by atoms with van der Waals surface area (Å²) >= 11 is 0. The molecule has 5 heteroatoms. The minimum absolute atomic E-state index is 0.0271. The fourth-order valence-corrected chi connectivity index (χ4v) is 4.79. The summed E-state index contributed by atoms with van der Waals surface area (Å²) in [7, 11) is -3.55. The number of nitrogens with two attached hydrogens (primary N) is 1. The Bertz CT molecular complexity index is 611. The summed E-state index contributed by atoms with van der Waals surface area (Å²) in [5.41, 5.74) is 7.93. The van der Waals surface area contributed by atoms with E-state index in [2.05, 4.69) is 11.6 Å². The zero-order valence-corrected chi connectivity index (χ0v) is 14.0. The average Bonchev–Trinajstić information content (AvgIpc) is 2.59. The maximum absolute atomic E-state index is 12.7. The lowest BCUT2D eigenvalue weighted by Crippen LogP contribution is -2.35. The molecule has 1 saturated carbocycles. The zero-order valence-electron chi connectivity index (χ0n) is 13.1. The van der Waals surface area contributed by atoms with Crippen LogP contribution >= 0.6 is 0 Å². The van der Waals surface area contributed by atoms with Crippen LogP contribution in [-0.4, -0.2) is 14.5 Å². The Hall–Kier alpha value is -1.07. The number of hydrogen-bond acceptors (Lipinski definition) is 3. The topological polar surface area (TPSA) is 72.2 Å². The van der Waals surface area contributed by atoms with Crippen molar-refractivity contribution < 1.29 is 8.42 Å². The summed E-state index contributed by atoms with van der Waals surface area (Å²) in [4.78, 5) is 0.250. The van der Waals surface area contributed by atoms with Gasteiger partial charge in [-0.05, 0) is 56.2 Å². The standard InChI is InChI=1S/C16H26N2O2S/c1-11-5-4-6-14(9-7-11)18-21(19,20)16-13(3)12(2)8-10-15(16)17/h8,10-11,14,18H,4-7,9,17H2,1-3H3. The van der Waals surface area contributed by atoms with Gasteiger partial charge in [0.25, 0.3) is 0 Å². The van der Waals surface area contributed by atoms with E-state index in [9.17, 15) is 8.42 Å². The van der Waals surface area contributed by atoms with Crippen molar-refractivity contribution >= 4 is 15.7 Å². The first-order chi connectivity index (χ1) is 9.81. The number of anilines is 1. The van der Waals surface area contributed by atoms with E-state index in [1.165, 1.54) is 6.42 Å². The maximum atomic E-state index is 12.7. The van der Waals surface area contributed by atoms with E-state index in [1.54, 1.807) is 6.07 Å². The zero-order chi connectivity index (χ0) is 15.6. The number of nitrogens with one attached hydrogen (secondary N) is 1. The molecular weight excluding hydrogens is 284 g/mol. The molecule has 3 N–H and O–H groups in total. The Morgan fingerprint density at radius 1 is 1.14 bits per heavy atom. The number of sulfonamides is 1. The molecule has 0 radical (unpaired) electrons. The molecule has 1 aromatic rings. The minimum atomic E-state index is -3.55. The van der Waals surface area contributed by atoms with Crippen molar-refractivity contribution in [3.05, 3.63) is 23.3 Å². The van der Waals surface area contributed by atoms with Crippen LogP contribution in [0.1, 0.15) is 50.2 Å². The summed E-state index contributed by atoms with van der Waals surface area (Å²) in [6.07, 6.45) is 5.16. The van der Waals surface area contributed by atoms with Crippen molar-refractivity contribution in [2.45, 2.75) is 63.8 Å². The fourth-order valence-electron chi connectivity index (χ4n) is 3.05. The molecule has 21 heavy (non-hydrogen) atoms. The highest BCUT2D eigenvalue weighted by Crippen LogP contribution is 2.28. The largest absolute Gasteiger partial charge is 0.398 e. The SMILES string of the molecule is Cc1ccc(N)c(S(=O)(=O)NC2CCCC(C)CC2)c1C. The van der Waals surface area contributed by atoms with E-state index in [1.807, 2.05) is 19.9 Å². The summed E-state index contributed by atoms with van der Waals surface area (Å²) in [5, 5.41) is 0. The van der Waals surface area contributed by atoms with Gasteiger partial charge in [-0.15, -0.1) is 0 Å². The molecule has 0 heterocycles. The highest BCUT2D eigenvalue weighted by molar-refractivity contribution is 7.89. The third-order valence-corrected chi connectivity index (χ3v) is 6.28. The van der Waals surface area contributed by atoms with Crippen LogP contribution in [0.5, 0.6) is 0 Å². The van der Waals surface area contributed by atoms with Crippen LogP contribution < -0.4 is 10.5 Å². The van der Waals surface area contributed by atoms with E-state index in [4.69, 9.17) is 5.73 Å². The van der Waals surface area contributed by atoms with Gasteiger partial charge in [-0.3, -0.25) is 0 Å². The first kappa shape index (κ1) is 16.3. The summed E-state index contributed by atoms with van der Waals surface area (Å²) in [6.45, 7) is 5.95. The number of aryl methyl sites for hydroxylation is 1. The van der Waals surface area contributed by atoms with Crippen molar-refractivity contribution in [1.29, 1.82) is 0 Å². The lowest BCUT2D eigenvalue weighted by molar-refractivity contribution is 0.484. The molecule has 0 spiro atoms. The van der Waals surface area contributed by atoms with Gasteiger partial charge in [-0.1, -0.05) is 25.8 Å². The molecule has 2 unspecified atom stereocenters. The van der Waals surface area contributed by atoms with Gasteiger partial charge in [0.15, 0.2) is 0 Å². The monoisotopic (exact) mass is 310 g/mol. The van der Waals surface area contributed by atoms with Crippen LogP contribution in [0.2, 0.25) is 0 Å². The van der Waals surface area contributed by atoms with Gasteiger partial charge < -0.3 is 5.73 Å². The molecule has 0 aliphatic heterocycles. The normalized spacial score (nSPS) is 23.8. The minimum Gasteiger partial charge on any atom is -0.398 e. The Labute approximate surface area is 128 Å². The van der Waals surface area contributed by atoms with Gasteiger partial charge in [-0.2, -0.15) is 0 Å². The predicted octanol–water partition coefficient (Wildman–Crippen LogP) is 3.13. The lowest BCUT2D eigenvalue weighted by atomic mass is 10.0. The van der Waals surface area contributed by atoms with Gasteiger partial charge in [0.05, 0.1) is 5.69 Å². The smallest absolute Gasteiger partial charge is 0.243 e. The highest BCUT2D eigenvalue weighted by atomic mass is 32.2. The molecule has 1 aliphatic rings. The predicted molar refractivity (Wildman–Crippen MR) is 86.7 cm³/mol. The van der Waals surface area contributed by atoms with E-state index in [0.29, 0.717) is 11.6 Å². The van der Waals surface area contributed by atoms with Crippen LogP contribution in [0.4, 0.5) is 5.69 Å². The first-order valence-corrected chi connectivity index (χ1v) is 9.17. The summed E-state index contributed by atoms with van der Waals surface area (Å²) < 4.78 is 28.3. The number of nitrogen functional groups attached to an aromatic ring is 1. The van der Waals surface area contributed by atoms with E-state index in [-0.39, 0.29) is 10.9 Å². The molecular formula is C16H26N2O2S. The first-order valence-electron chi connectivity index (χ1n) is 7.69. The second-order valence-corrected chi connectivity index (χ2v) is 8.01. The van der Waals surface area contributed by atoms with E-state index < -0.39 is 10.0 Å². The van der Waals surface area contributed by atoms with E-state index >= 15 is 0 Å². The fraction of sp³-hybridized carbons (Fsp3) is 0.625. The van der Waals surface area contributed by atoms with Crippen molar-refractivity contribution in [2.24, 2.45) is 5.92 Å². The van der Waals surface area contributed by atoms with Crippen LogP contribution in [0.15, 0.2) is 17.0 Å².